The second-order valence-corrected chi connectivity index (χ2v) is 8.73. The first-order valence-corrected chi connectivity index (χ1v) is 11.3. The third-order valence-corrected chi connectivity index (χ3v) is 6.32. The monoisotopic (exact) mass is 422 g/mol. The number of likely N-dealkylation sites (tertiary alicyclic amines) is 1. The van der Waals surface area contributed by atoms with Crippen LogP contribution < -0.4 is 5.32 Å². The van der Waals surface area contributed by atoms with E-state index in [4.69, 9.17) is 0 Å². The highest BCUT2D eigenvalue weighted by molar-refractivity contribution is 5.76. The van der Waals surface area contributed by atoms with Crippen molar-refractivity contribution >= 4 is 11.7 Å². The average molecular weight is 423 g/mol. The van der Waals surface area contributed by atoms with Crippen LogP contribution in [0, 0.1) is 24.6 Å². The molecule has 2 aromatic rings. The summed E-state index contributed by atoms with van der Waals surface area (Å²) in [7, 11) is 0. The van der Waals surface area contributed by atoms with Crippen molar-refractivity contribution in [3.63, 3.8) is 0 Å². The number of allylic oxidation sites excluding steroid dienone is 2. The number of carbonyl (C=O) groups excluding carboxylic acids is 1. The van der Waals surface area contributed by atoms with Crippen molar-refractivity contribution in [1.29, 1.82) is 0 Å². The highest BCUT2D eigenvalue weighted by Crippen LogP contribution is 2.25. The van der Waals surface area contributed by atoms with Crippen molar-refractivity contribution in [2.75, 3.05) is 18.4 Å². The van der Waals surface area contributed by atoms with E-state index in [1.54, 1.807) is 12.1 Å². The molecule has 6 heteroatoms. The summed E-state index contributed by atoms with van der Waals surface area (Å²) in [6, 6.07) is 8.73. The standard InChI is InChI=1S/C25H31FN4O/c1-18-28-22(16-24(29-18)27-17-21-8-4-5-9-23(21)26)14-20-10-12-30(13-11-20)25(31)15-19-6-2-3-7-19/h2,4-6,8-9,16,19-20H,3,7,10-15,17H2,1H3,(H,27,28,29)/t19-/m1/s1. The molecule has 0 unspecified atom stereocenters. The fraction of sp³-hybridized carbons (Fsp3) is 0.480. The predicted octanol–water partition coefficient (Wildman–Crippen LogP) is 4.67. The van der Waals surface area contributed by atoms with Gasteiger partial charge in [0.05, 0.1) is 0 Å². The van der Waals surface area contributed by atoms with Gasteiger partial charge in [0.15, 0.2) is 0 Å². The van der Waals surface area contributed by atoms with Crippen LogP contribution in [-0.4, -0.2) is 33.9 Å². The van der Waals surface area contributed by atoms with E-state index in [1.807, 2.05) is 24.0 Å². The molecule has 1 aliphatic heterocycles. The van der Waals surface area contributed by atoms with Crippen LogP contribution in [0.5, 0.6) is 0 Å². The number of aromatic nitrogens is 2. The number of nitrogens with one attached hydrogen (secondary N) is 1. The summed E-state index contributed by atoms with van der Waals surface area (Å²) in [6.45, 7) is 3.94. The van der Waals surface area contributed by atoms with Crippen molar-refractivity contribution in [2.24, 2.45) is 11.8 Å². The topological polar surface area (TPSA) is 58.1 Å². The zero-order chi connectivity index (χ0) is 21.6. The first kappa shape index (κ1) is 21.5. The van der Waals surface area contributed by atoms with Gasteiger partial charge in [-0.3, -0.25) is 4.79 Å². The van der Waals surface area contributed by atoms with E-state index in [0.717, 1.165) is 56.7 Å². The third kappa shape index (κ3) is 5.90. The van der Waals surface area contributed by atoms with Crippen molar-refractivity contribution in [3.8, 4) is 0 Å². The molecule has 1 aliphatic carbocycles. The van der Waals surface area contributed by atoms with E-state index in [9.17, 15) is 9.18 Å². The Morgan fingerprint density at radius 2 is 2.00 bits per heavy atom. The molecule has 2 heterocycles. The van der Waals surface area contributed by atoms with Gasteiger partial charge in [0.25, 0.3) is 0 Å². The van der Waals surface area contributed by atoms with Crippen LogP contribution in [-0.2, 0) is 17.8 Å². The summed E-state index contributed by atoms with van der Waals surface area (Å²) in [5.74, 6) is 2.47. The molecule has 0 spiro atoms. The summed E-state index contributed by atoms with van der Waals surface area (Å²) in [6.07, 6.45) is 10.2. The molecule has 164 valence electrons. The van der Waals surface area contributed by atoms with Crippen LogP contribution in [0.15, 0.2) is 42.5 Å². The Labute approximate surface area is 183 Å². The molecule has 5 nitrogen and oxygen atoms in total. The number of piperidine rings is 1. The molecule has 4 rings (SSSR count). The largest absolute Gasteiger partial charge is 0.366 e. The molecular weight excluding hydrogens is 391 g/mol. The Balaban J connectivity index is 1.29. The maximum absolute atomic E-state index is 13.9. The molecular formula is C25H31FN4O. The number of rotatable bonds is 7. The first-order chi connectivity index (χ1) is 15.1. The minimum absolute atomic E-state index is 0.216. The van der Waals surface area contributed by atoms with Gasteiger partial charge in [-0.15, -0.1) is 0 Å². The zero-order valence-corrected chi connectivity index (χ0v) is 18.2. The van der Waals surface area contributed by atoms with Gasteiger partial charge in [-0.25, -0.2) is 14.4 Å². The average Bonchev–Trinajstić information content (AvgIpc) is 3.26. The van der Waals surface area contributed by atoms with Crippen LogP contribution in [0.25, 0.3) is 0 Å². The maximum Gasteiger partial charge on any atom is 0.223 e. The van der Waals surface area contributed by atoms with Crippen molar-refractivity contribution in [3.05, 3.63) is 65.4 Å². The molecule has 31 heavy (non-hydrogen) atoms. The van der Waals surface area contributed by atoms with Crippen LogP contribution >= 0.6 is 0 Å². The Kier molecular flexibility index (Phi) is 6.95. The SMILES string of the molecule is Cc1nc(CC2CCN(C(=O)C[C@@H]3C=CCC3)CC2)cc(NCc2ccccc2F)n1. The molecule has 1 aromatic heterocycles. The highest BCUT2D eigenvalue weighted by Gasteiger charge is 2.25. The summed E-state index contributed by atoms with van der Waals surface area (Å²) >= 11 is 0. The Morgan fingerprint density at radius 1 is 1.19 bits per heavy atom. The number of nitrogens with zero attached hydrogens (tertiary/aromatic N) is 3. The van der Waals surface area contributed by atoms with E-state index in [-0.39, 0.29) is 5.82 Å². The minimum atomic E-state index is -0.216. The lowest BCUT2D eigenvalue weighted by Gasteiger charge is -2.32. The summed E-state index contributed by atoms with van der Waals surface area (Å²) in [5, 5.41) is 3.23. The van der Waals surface area contributed by atoms with E-state index >= 15 is 0 Å². The summed E-state index contributed by atoms with van der Waals surface area (Å²) < 4.78 is 13.9. The molecule has 1 atom stereocenters. The third-order valence-electron chi connectivity index (χ3n) is 6.32. The lowest BCUT2D eigenvalue weighted by Crippen LogP contribution is -2.39. The van der Waals surface area contributed by atoms with Gasteiger partial charge in [-0.2, -0.15) is 0 Å². The fourth-order valence-electron chi connectivity index (χ4n) is 4.55. The van der Waals surface area contributed by atoms with E-state index < -0.39 is 0 Å². The Morgan fingerprint density at radius 3 is 2.74 bits per heavy atom. The molecule has 0 saturated carbocycles. The number of benzene rings is 1. The van der Waals surface area contributed by atoms with E-state index in [1.165, 1.54) is 6.07 Å². The molecule has 1 aromatic carbocycles. The molecule has 1 saturated heterocycles. The smallest absolute Gasteiger partial charge is 0.223 e. The van der Waals surface area contributed by atoms with Gasteiger partial charge in [0, 0.05) is 43.4 Å². The van der Waals surface area contributed by atoms with Crippen molar-refractivity contribution in [2.45, 2.75) is 52.0 Å². The van der Waals surface area contributed by atoms with Crippen LogP contribution in [0.4, 0.5) is 10.2 Å². The lowest BCUT2D eigenvalue weighted by atomic mass is 9.91. The van der Waals surface area contributed by atoms with Gasteiger partial charge >= 0.3 is 0 Å². The first-order valence-electron chi connectivity index (χ1n) is 11.3. The number of aryl methyl sites for hydroxylation is 1. The molecule has 0 radical (unpaired) electrons. The highest BCUT2D eigenvalue weighted by atomic mass is 19.1. The zero-order valence-electron chi connectivity index (χ0n) is 18.2. The quantitative estimate of drug-likeness (QED) is 0.659. The van der Waals surface area contributed by atoms with Gasteiger partial charge in [-0.1, -0.05) is 30.4 Å². The number of hydrogen-bond acceptors (Lipinski definition) is 4. The van der Waals surface area contributed by atoms with Crippen LogP contribution in [0.2, 0.25) is 0 Å². The number of hydrogen-bond donors (Lipinski definition) is 1. The Bertz CT molecular complexity index is 937. The van der Waals surface area contributed by atoms with Gasteiger partial charge in [0.1, 0.15) is 17.5 Å². The number of anilines is 1. The fourth-order valence-corrected chi connectivity index (χ4v) is 4.55. The number of carbonyl (C=O) groups is 1. The van der Waals surface area contributed by atoms with Gasteiger partial charge < -0.3 is 10.2 Å². The minimum Gasteiger partial charge on any atom is -0.366 e. The second-order valence-electron chi connectivity index (χ2n) is 8.73. The van der Waals surface area contributed by atoms with Crippen molar-refractivity contribution < 1.29 is 9.18 Å². The van der Waals surface area contributed by atoms with Crippen LogP contribution in [0.3, 0.4) is 0 Å². The second kappa shape index (κ2) is 10.0. The van der Waals surface area contributed by atoms with Crippen LogP contribution in [0.1, 0.15) is 49.2 Å². The normalized spacial score (nSPS) is 19.0. The molecule has 0 bridgehead atoms. The maximum atomic E-state index is 13.9. The van der Waals surface area contributed by atoms with Crippen molar-refractivity contribution in [1.82, 2.24) is 14.9 Å². The van der Waals surface area contributed by atoms with Gasteiger partial charge in [0.2, 0.25) is 5.91 Å². The lowest BCUT2D eigenvalue weighted by molar-refractivity contribution is -0.133. The number of halogens is 1. The predicted molar refractivity (Wildman–Crippen MR) is 120 cm³/mol. The molecule has 2 aliphatic rings. The number of amides is 1. The van der Waals surface area contributed by atoms with E-state index in [0.29, 0.717) is 42.1 Å². The summed E-state index contributed by atoms with van der Waals surface area (Å²) in [4.78, 5) is 23.7. The molecule has 1 N–H and O–H groups in total. The van der Waals surface area contributed by atoms with Gasteiger partial charge in [-0.05, 0) is 56.9 Å². The van der Waals surface area contributed by atoms with E-state index in [2.05, 4.69) is 27.4 Å². The summed E-state index contributed by atoms with van der Waals surface area (Å²) in [5.41, 5.74) is 1.62. The molecule has 1 amide bonds. The Hall–Kier alpha value is -2.76. The molecule has 1 fully saturated rings.